The normalized spacial score (nSPS) is 11.7. The van der Waals surface area contributed by atoms with Crippen LogP contribution in [0.25, 0.3) is 0 Å². The molecule has 0 spiro atoms. The third-order valence-electron chi connectivity index (χ3n) is 11.5. The van der Waals surface area contributed by atoms with Gasteiger partial charge in [0.1, 0.15) is 34.0 Å². The molecule has 93 heavy (non-hydrogen) atoms. The van der Waals surface area contributed by atoms with Crippen molar-refractivity contribution in [3.8, 4) is 0 Å². The molecule has 1 aromatic heterocycles. The summed E-state index contributed by atoms with van der Waals surface area (Å²) in [4.78, 5) is 114. The molecule has 0 saturated carbocycles. The van der Waals surface area contributed by atoms with Crippen LogP contribution in [0.15, 0.2) is 0 Å². The highest BCUT2D eigenvalue weighted by Gasteiger charge is 2.21. The predicted octanol–water partition coefficient (Wildman–Crippen LogP) is 4.86. The van der Waals surface area contributed by atoms with Crippen molar-refractivity contribution in [3.05, 3.63) is 5.28 Å². The van der Waals surface area contributed by atoms with Crippen LogP contribution < -0.4 is 41.7 Å². The first kappa shape index (κ1) is 85.0. The molecule has 1 rings (SSSR count). The average molecular weight is 1350 g/mol. The molecule has 0 aliphatic rings. The Morgan fingerprint density at radius 1 is 0.323 bits per heavy atom. The second-order valence-corrected chi connectivity index (χ2v) is 25.1. The Labute approximate surface area is 554 Å². The molecular weight excluding hydrogens is 1240 g/mol. The number of amides is 6. The maximum absolute atomic E-state index is 12.4. The number of ether oxygens (including phenoxy) is 12. The predicted molar refractivity (Wildman–Crippen MR) is 346 cm³/mol. The molecule has 0 fully saturated rings. The van der Waals surface area contributed by atoms with E-state index >= 15 is 0 Å². The Bertz CT molecular complexity index is 2010. The molecule has 31 nitrogen and oxygen atoms in total. The lowest BCUT2D eigenvalue weighted by atomic mass is 10.2. The summed E-state index contributed by atoms with van der Waals surface area (Å²) in [5, 5.41) is 15.8. The van der Waals surface area contributed by atoms with Gasteiger partial charge in [0.05, 0.1) is 106 Å². The lowest BCUT2D eigenvalue weighted by Crippen LogP contribution is -2.38. The van der Waals surface area contributed by atoms with Gasteiger partial charge in [0.25, 0.3) is 0 Å². The van der Waals surface area contributed by atoms with Crippen LogP contribution in [0.5, 0.6) is 0 Å². The lowest BCUT2D eigenvalue weighted by Gasteiger charge is -2.26. The zero-order chi connectivity index (χ0) is 69.4. The third kappa shape index (κ3) is 54.0. The smallest absolute Gasteiger partial charge is 0.407 e. The fourth-order valence-corrected chi connectivity index (χ4v) is 7.44. The zero-order valence-corrected chi connectivity index (χ0v) is 58.1. The number of ketones is 2. The first-order chi connectivity index (χ1) is 43.9. The van der Waals surface area contributed by atoms with Gasteiger partial charge in [-0.15, -0.1) is 0 Å². The van der Waals surface area contributed by atoms with E-state index in [1.54, 1.807) is 83.1 Å². The molecule has 0 radical (unpaired) electrons. The van der Waals surface area contributed by atoms with Crippen molar-refractivity contribution in [2.45, 2.75) is 157 Å². The van der Waals surface area contributed by atoms with Crippen molar-refractivity contribution in [1.29, 1.82) is 0 Å². The van der Waals surface area contributed by atoms with E-state index in [0.717, 1.165) is 0 Å². The average Bonchev–Trinajstić information content (AvgIpc) is 0.878. The second-order valence-electron chi connectivity index (χ2n) is 24.8. The largest absolute Gasteiger partial charge is 0.444 e. The molecule has 6 amide bonds. The molecule has 0 aromatic carbocycles. The molecule has 0 aliphatic heterocycles. The second kappa shape index (κ2) is 49.5. The van der Waals surface area contributed by atoms with Gasteiger partial charge in [-0.05, 0) is 108 Å². The minimum absolute atomic E-state index is 0.00373. The summed E-state index contributed by atoms with van der Waals surface area (Å²) < 4.78 is 67.1. The Kier molecular flexibility index (Phi) is 45.2. The molecule has 1 heterocycles. The number of halogens is 1. The van der Waals surface area contributed by atoms with Gasteiger partial charge >= 0.3 is 24.4 Å². The first-order valence-electron chi connectivity index (χ1n) is 31.9. The van der Waals surface area contributed by atoms with Gasteiger partial charge in [0.15, 0.2) is 0 Å². The number of alkyl carbamates (subject to hydrolysis) is 4. The molecular formula is C61H110ClN11O20. The molecule has 0 atom stereocenters. The van der Waals surface area contributed by atoms with E-state index in [0.29, 0.717) is 25.9 Å². The van der Waals surface area contributed by atoms with Gasteiger partial charge in [-0.1, -0.05) is 0 Å². The molecule has 0 saturated heterocycles. The number of rotatable bonds is 52. The summed E-state index contributed by atoms with van der Waals surface area (Å²) in [7, 11) is 0. The van der Waals surface area contributed by atoms with E-state index in [9.17, 15) is 38.4 Å². The van der Waals surface area contributed by atoms with Crippen LogP contribution in [0.4, 0.5) is 31.1 Å². The van der Waals surface area contributed by atoms with Gasteiger partial charge < -0.3 is 98.5 Å². The number of nitrogens with zero attached hydrogens (tertiary/aromatic N) is 5. The minimum atomic E-state index is -0.634. The van der Waals surface area contributed by atoms with Crippen LogP contribution in [0.3, 0.4) is 0 Å². The number of hydrogen-bond acceptors (Lipinski definition) is 25. The van der Waals surface area contributed by atoms with Crippen molar-refractivity contribution in [3.63, 3.8) is 0 Å². The number of hydrogen-bond donors (Lipinski definition) is 6. The number of anilines is 2. The summed E-state index contributed by atoms with van der Waals surface area (Å²) in [5.74, 6) is -0.0307. The van der Waals surface area contributed by atoms with Crippen LogP contribution in [0, 0.1) is 0 Å². The molecule has 536 valence electrons. The molecule has 6 N–H and O–H groups in total. The van der Waals surface area contributed by atoms with Crippen LogP contribution >= 0.6 is 11.6 Å². The number of carbonyl (C=O) groups is 8. The van der Waals surface area contributed by atoms with Gasteiger partial charge in [-0.2, -0.15) is 15.0 Å². The fourth-order valence-electron chi connectivity index (χ4n) is 7.29. The van der Waals surface area contributed by atoms with E-state index in [2.05, 4.69) is 41.9 Å². The quantitative estimate of drug-likeness (QED) is 0.0374. The lowest BCUT2D eigenvalue weighted by molar-refractivity contribution is -0.123. The third-order valence-corrected chi connectivity index (χ3v) is 11.7. The monoisotopic (exact) mass is 1350 g/mol. The Balaban J connectivity index is 2.97. The highest BCUT2D eigenvalue weighted by Crippen LogP contribution is 2.18. The summed E-state index contributed by atoms with van der Waals surface area (Å²) in [5.41, 5.74) is -2.50. The Morgan fingerprint density at radius 3 is 0.849 bits per heavy atom. The molecule has 0 aliphatic carbocycles. The standard InChI is InChI=1S/C61H110ClN11O20/c1-58(2,3)90-54(78)65-21-13-15-47(74)17-31-82-39-43-86-35-27-72(29-37-88-45-41-84-33-19-49(76)63-23-25-67-56(80)92-60(7,8)9)52-69-51(62)70-53(71-52)73(28-36-87-44-40-83-32-18-48(75)16-14-22-66-55(79)91-59(4,5)6)30-38-89-46-42-85-34-20-50(77)64-24-26-68-57(81)93-61(10,11)12/h13-46H2,1-12H3,(H,63,76)(H,64,77)(H,65,78)(H,66,79)(H,67,80)(H,68,81). The molecule has 32 heteroatoms. The maximum atomic E-state index is 12.4. The minimum Gasteiger partial charge on any atom is -0.444 e. The topological polar surface area (TPSA) is 365 Å². The maximum Gasteiger partial charge on any atom is 0.407 e. The summed E-state index contributed by atoms with van der Waals surface area (Å²) in [6.07, 6.45) is -0.0580. The SMILES string of the molecule is CC(C)(C)OC(=O)NCCCC(=O)CCOCCOCCN(CCOCCOCCC(=O)NCCNC(=O)OC(C)(C)C)c1nc(Cl)nc(N(CCOCCOCCC(=O)CCCNC(=O)OC(C)(C)C)CCOCCOCCC(=O)NCCNC(=O)OC(C)(C)C)n1. The van der Waals surface area contributed by atoms with E-state index in [1.807, 2.05) is 9.80 Å². The van der Waals surface area contributed by atoms with Gasteiger partial charge in [0.2, 0.25) is 29.0 Å². The molecule has 0 unspecified atom stereocenters. The van der Waals surface area contributed by atoms with Gasteiger partial charge in [-0.3, -0.25) is 19.2 Å². The van der Waals surface area contributed by atoms with Crippen LogP contribution in [-0.4, -0.2) is 256 Å². The van der Waals surface area contributed by atoms with E-state index in [-0.39, 0.29) is 237 Å². The highest BCUT2D eigenvalue weighted by atomic mass is 35.5. The first-order valence-corrected chi connectivity index (χ1v) is 32.2. The molecule has 1 aromatic rings. The van der Waals surface area contributed by atoms with Crippen molar-refractivity contribution in [2.24, 2.45) is 0 Å². The fraction of sp³-hybridized carbons (Fsp3) is 0.820. The zero-order valence-electron chi connectivity index (χ0n) is 57.3. The summed E-state index contributed by atoms with van der Waals surface area (Å²) >= 11 is 6.63. The van der Waals surface area contributed by atoms with Gasteiger partial charge in [-0.25, -0.2) is 19.2 Å². The van der Waals surface area contributed by atoms with Crippen molar-refractivity contribution in [2.75, 3.05) is 181 Å². The van der Waals surface area contributed by atoms with Gasteiger partial charge in [0, 0.05) is 104 Å². The van der Waals surface area contributed by atoms with Crippen LogP contribution in [0.1, 0.15) is 134 Å². The van der Waals surface area contributed by atoms with Crippen molar-refractivity contribution < 1.29 is 95.2 Å². The summed E-state index contributed by atoms with van der Waals surface area (Å²) in [6, 6.07) is 0. The Morgan fingerprint density at radius 2 is 0.570 bits per heavy atom. The van der Waals surface area contributed by atoms with E-state index in [4.69, 9.17) is 73.4 Å². The highest BCUT2D eigenvalue weighted by molar-refractivity contribution is 6.28. The Hall–Kier alpha value is -6.06. The van der Waals surface area contributed by atoms with Crippen molar-refractivity contribution >= 4 is 71.3 Å². The number of nitrogens with one attached hydrogen (secondary N) is 6. The van der Waals surface area contributed by atoms with Crippen molar-refractivity contribution in [1.82, 2.24) is 46.9 Å². The number of carbonyl (C=O) groups excluding carboxylic acids is 8. The van der Waals surface area contributed by atoms with E-state index < -0.39 is 46.8 Å². The van der Waals surface area contributed by atoms with E-state index in [1.165, 1.54) is 0 Å². The molecule has 0 bridgehead atoms. The van der Waals surface area contributed by atoms with Crippen LogP contribution in [-0.2, 0) is 76.0 Å². The number of aromatic nitrogens is 3. The van der Waals surface area contributed by atoms with Crippen LogP contribution in [0.2, 0.25) is 5.28 Å². The number of Topliss-reactive ketones (excluding diaryl/α,β-unsaturated/α-hetero) is 2. The summed E-state index contributed by atoms with van der Waals surface area (Å²) in [6.45, 7) is 27.1.